The van der Waals surface area contributed by atoms with Crippen molar-refractivity contribution in [2.75, 3.05) is 6.61 Å². The Hall–Kier alpha value is -1.00. The van der Waals surface area contributed by atoms with Crippen molar-refractivity contribution < 1.29 is 9.50 Å². The molecule has 0 aliphatic carbocycles. The number of halogens is 1. The molecule has 4 heteroatoms. The van der Waals surface area contributed by atoms with Crippen LogP contribution in [0.5, 0.6) is 0 Å². The van der Waals surface area contributed by atoms with Crippen LogP contribution < -0.4 is 5.73 Å². The van der Waals surface area contributed by atoms with Crippen molar-refractivity contribution in [3.8, 4) is 0 Å². The Balaban J connectivity index is 3.10. The van der Waals surface area contributed by atoms with Crippen LogP contribution >= 0.6 is 0 Å². The van der Waals surface area contributed by atoms with Gasteiger partial charge in [-0.25, -0.2) is 4.39 Å². The summed E-state index contributed by atoms with van der Waals surface area (Å²) in [6.07, 6.45) is 1.44. The molecular formula is C8H11FN2O. The zero-order valence-corrected chi connectivity index (χ0v) is 6.79. The summed E-state index contributed by atoms with van der Waals surface area (Å²) in [7, 11) is 0. The molecule has 0 saturated carbocycles. The third-order valence-corrected chi connectivity index (χ3v) is 1.63. The molecule has 3 nitrogen and oxygen atoms in total. The SMILES string of the molecule is C[C@](N)(CO)c1ncccc1F. The molecule has 0 radical (unpaired) electrons. The minimum Gasteiger partial charge on any atom is -0.394 e. The largest absolute Gasteiger partial charge is 0.394 e. The maximum absolute atomic E-state index is 13.0. The molecule has 1 heterocycles. The van der Waals surface area contributed by atoms with Crippen LogP contribution in [-0.2, 0) is 5.54 Å². The number of aliphatic hydroxyl groups is 1. The molecule has 1 aromatic heterocycles. The van der Waals surface area contributed by atoms with E-state index in [2.05, 4.69) is 4.98 Å². The van der Waals surface area contributed by atoms with Crippen molar-refractivity contribution in [3.05, 3.63) is 29.8 Å². The maximum atomic E-state index is 13.0. The highest BCUT2D eigenvalue weighted by molar-refractivity contribution is 5.16. The van der Waals surface area contributed by atoms with E-state index in [1.807, 2.05) is 0 Å². The predicted octanol–water partition coefficient (Wildman–Crippen LogP) is 0.387. The van der Waals surface area contributed by atoms with E-state index in [1.165, 1.54) is 25.3 Å². The van der Waals surface area contributed by atoms with Crippen LogP contribution in [0.15, 0.2) is 18.3 Å². The lowest BCUT2D eigenvalue weighted by molar-refractivity contribution is 0.202. The van der Waals surface area contributed by atoms with Gasteiger partial charge in [-0.3, -0.25) is 4.98 Å². The second kappa shape index (κ2) is 3.16. The molecule has 0 fully saturated rings. The van der Waals surface area contributed by atoms with E-state index >= 15 is 0 Å². The Labute approximate surface area is 70.0 Å². The van der Waals surface area contributed by atoms with Gasteiger partial charge < -0.3 is 10.8 Å². The fourth-order valence-corrected chi connectivity index (χ4v) is 0.881. The van der Waals surface area contributed by atoms with Crippen LogP contribution in [0.25, 0.3) is 0 Å². The zero-order valence-electron chi connectivity index (χ0n) is 6.79. The Morgan fingerprint density at radius 2 is 2.42 bits per heavy atom. The second-order valence-electron chi connectivity index (χ2n) is 2.91. The van der Waals surface area contributed by atoms with E-state index in [0.29, 0.717) is 0 Å². The highest BCUT2D eigenvalue weighted by Gasteiger charge is 2.24. The third-order valence-electron chi connectivity index (χ3n) is 1.63. The minimum absolute atomic E-state index is 0.0903. The first-order valence-corrected chi connectivity index (χ1v) is 3.58. The van der Waals surface area contributed by atoms with Gasteiger partial charge in [-0.05, 0) is 19.1 Å². The van der Waals surface area contributed by atoms with E-state index < -0.39 is 11.4 Å². The summed E-state index contributed by atoms with van der Waals surface area (Å²) in [5.74, 6) is -0.489. The fourth-order valence-electron chi connectivity index (χ4n) is 0.881. The van der Waals surface area contributed by atoms with Crippen LogP contribution in [0.1, 0.15) is 12.6 Å². The number of rotatable bonds is 2. The summed E-state index contributed by atoms with van der Waals surface area (Å²) in [6, 6.07) is 2.75. The van der Waals surface area contributed by atoms with E-state index in [9.17, 15) is 4.39 Å². The molecule has 0 spiro atoms. The molecule has 0 bridgehead atoms. The molecule has 1 atom stereocenters. The molecule has 1 aromatic rings. The summed E-state index contributed by atoms with van der Waals surface area (Å²) in [5.41, 5.74) is 4.57. The Kier molecular flexibility index (Phi) is 2.40. The molecule has 12 heavy (non-hydrogen) atoms. The quantitative estimate of drug-likeness (QED) is 0.674. The lowest BCUT2D eigenvalue weighted by Gasteiger charge is -2.20. The number of nitrogens with zero attached hydrogens (tertiary/aromatic N) is 1. The molecule has 0 aliphatic heterocycles. The van der Waals surface area contributed by atoms with Gasteiger partial charge in [-0.15, -0.1) is 0 Å². The van der Waals surface area contributed by atoms with Gasteiger partial charge in [0.05, 0.1) is 17.8 Å². The van der Waals surface area contributed by atoms with Crippen molar-refractivity contribution in [3.63, 3.8) is 0 Å². The second-order valence-corrected chi connectivity index (χ2v) is 2.91. The molecule has 0 saturated heterocycles. The van der Waals surface area contributed by atoms with Crippen molar-refractivity contribution in [2.45, 2.75) is 12.5 Å². The van der Waals surface area contributed by atoms with Crippen LogP contribution in [0.2, 0.25) is 0 Å². The number of nitrogens with two attached hydrogens (primary N) is 1. The normalized spacial score (nSPS) is 15.7. The molecule has 0 aliphatic rings. The minimum atomic E-state index is -1.11. The molecule has 0 aromatic carbocycles. The van der Waals surface area contributed by atoms with E-state index in [-0.39, 0.29) is 12.3 Å². The lowest BCUT2D eigenvalue weighted by atomic mass is 9.99. The Bertz CT molecular complexity index is 276. The van der Waals surface area contributed by atoms with Crippen LogP contribution in [0, 0.1) is 5.82 Å². The summed E-state index contributed by atoms with van der Waals surface area (Å²) in [4.78, 5) is 3.76. The summed E-state index contributed by atoms with van der Waals surface area (Å²) in [5, 5.41) is 8.84. The summed E-state index contributed by atoms with van der Waals surface area (Å²) < 4.78 is 13.0. The van der Waals surface area contributed by atoms with Gasteiger partial charge in [-0.2, -0.15) is 0 Å². The zero-order chi connectivity index (χ0) is 9.19. The first-order chi connectivity index (χ1) is 5.58. The first-order valence-electron chi connectivity index (χ1n) is 3.58. The predicted molar refractivity (Wildman–Crippen MR) is 42.8 cm³/mol. The Morgan fingerprint density at radius 3 is 2.92 bits per heavy atom. The van der Waals surface area contributed by atoms with Crippen LogP contribution in [0.3, 0.4) is 0 Å². The highest BCUT2D eigenvalue weighted by atomic mass is 19.1. The molecular weight excluding hydrogens is 159 g/mol. The first kappa shape index (κ1) is 9.09. The topological polar surface area (TPSA) is 59.1 Å². The molecule has 0 unspecified atom stereocenters. The van der Waals surface area contributed by atoms with Gasteiger partial charge in [-0.1, -0.05) is 0 Å². The van der Waals surface area contributed by atoms with Gasteiger partial charge in [0.2, 0.25) is 0 Å². The fraction of sp³-hybridized carbons (Fsp3) is 0.375. The molecule has 1 rings (SSSR count). The van der Waals surface area contributed by atoms with Gasteiger partial charge in [0.15, 0.2) is 0 Å². The van der Waals surface area contributed by atoms with Crippen LogP contribution in [-0.4, -0.2) is 16.7 Å². The van der Waals surface area contributed by atoms with Crippen molar-refractivity contribution in [2.24, 2.45) is 5.73 Å². The molecule has 0 amide bonds. The highest BCUT2D eigenvalue weighted by Crippen LogP contribution is 2.16. The average molecular weight is 170 g/mol. The number of aliphatic hydroxyl groups excluding tert-OH is 1. The van der Waals surface area contributed by atoms with E-state index in [1.54, 1.807) is 0 Å². The number of hydrogen-bond acceptors (Lipinski definition) is 3. The van der Waals surface area contributed by atoms with Gasteiger partial charge in [0.1, 0.15) is 5.82 Å². The molecule has 3 N–H and O–H groups in total. The smallest absolute Gasteiger partial charge is 0.146 e. The van der Waals surface area contributed by atoms with E-state index in [0.717, 1.165) is 0 Å². The Morgan fingerprint density at radius 1 is 1.75 bits per heavy atom. The summed E-state index contributed by atoms with van der Waals surface area (Å²) >= 11 is 0. The van der Waals surface area contributed by atoms with Crippen molar-refractivity contribution in [1.29, 1.82) is 0 Å². The summed E-state index contributed by atoms with van der Waals surface area (Å²) in [6.45, 7) is 1.19. The van der Waals surface area contributed by atoms with E-state index in [4.69, 9.17) is 10.8 Å². The molecule has 66 valence electrons. The monoisotopic (exact) mass is 170 g/mol. The number of aromatic nitrogens is 1. The van der Waals surface area contributed by atoms with Crippen molar-refractivity contribution >= 4 is 0 Å². The maximum Gasteiger partial charge on any atom is 0.146 e. The number of hydrogen-bond donors (Lipinski definition) is 2. The van der Waals surface area contributed by atoms with Gasteiger partial charge in [0, 0.05) is 6.20 Å². The lowest BCUT2D eigenvalue weighted by Crippen LogP contribution is -2.38. The van der Waals surface area contributed by atoms with Crippen LogP contribution in [0.4, 0.5) is 4.39 Å². The number of pyridine rings is 1. The van der Waals surface area contributed by atoms with Crippen molar-refractivity contribution in [1.82, 2.24) is 4.98 Å². The standard InChI is InChI=1S/C8H11FN2O/c1-8(10,5-12)7-6(9)3-2-4-11-7/h2-4,12H,5,10H2,1H3/t8-/m0/s1. The third kappa shape index (κ3) is 1.60. The van der Waals surface area contributed by atoms with Gasteiger partial charge in [0.25, 0.3) is 0 Å². The van der Waals surface area contributed by atoms with Gasteiger partial charge >= 0.3 is 0 Å². The average Bonchev–Trinajstić information content (AvgIpc) is 2.05.